The van der Waals surface area contributed by atoms with Gasteiger partial charge in [-0.25, -0.2) is 4.57 Å². The smallest absolute Gasteiger partial charge is 0.308 e. The van der Waals surface area contributed by atoms with Gasteiger partial charge in [-0.1, -0.05) is 24.3 Å². The molecule has 0 spiro atoms. The van der Waals surface area contributed by atoms with Gasteiger partial charge in [0.05, 0.1) is 5.92 Å². The van der Waals surface area contributed by atoms with Crippen molar-refractivity contribution < 1.29 is 23.9 Å². The summed E-state index contributed by atoms with van der Waals surface area (Å²) in [4.78, 5) is 39.5. The summed E-state index contributed by atoms with van der Waals surface area (Å²) < 4.78 is 10.9. The zero-order chi connectivity index (χ0) is 12.1. The molecule has 6 nitrogen and oxygen atoms in total. The maximum absolute atomic E-state index is 11.7. The van der Waals surface area contributed by atoms with E-state index >= 15 is 0 Å². The Morgan fingerprint density at radius 3 is 2.50 bits per heavy atom. The molecule has 86 valence electrons. The van der Waals surface area contributed by atoms with Crippen LogP contribution in [0, 0.1) is 5.92 Å². The number of alkyl halides is 1. The summed E-state index contributed by atoms with van der Waals surface area (Å²) in [6.07, 6.45) is 5.56. The second-order valence-corrected chi connectivity index (χ2v) is 5.51. The number of hydrogen-bond acceptors (Lipinski definition) is 3. The van der Waals surface area contributed by atoms with Gasteiger partial charge >= 0.3 is 7.75 Å². The number of halogens is 1. The minimum absolute atomic E-state index is 0.0648. The highest BCUT2D eigenvalue weighted by Crippen LogP contribution is 2.51. The Labute approximate surface area is 95.4 Å². The van der Waals surface area contributed by atoms with Crippen LogP contribution in [0.2, 0.25) is 0 Å². The summed E-state index contributed by atoms with van der Waals surface area (Å²) in [7, 11) is -4.96. The number of nitrogens with zero attached hydrogens (tertiary/aromatic N) is 1. The van der Waals surface area contributed by atoms with E-state index in [2.05, 4.69) is 0 Å². The van der Waals surface area contributed by atoms with E-state index < -0.39 is 30.4 Å². The molecule has 1 aliphatic heterocycles. The molecule has 1 aliphatic carbocycles. The lowest BCUT2D eigenvalue weighted by atomic mass is 9.90. The van der Waals surface area contributed by atoms with E-state index in [-0.39, 0.29) is 4.67 Å². The van der Waals surface area contributed by atoms with Crippen molar-refractivity contribution in [2.45, 2.75) is 4.87 Å². The Morgan fingerprint density at radius 2 is 2.00 bits per heavy atom. The van der Waals surface area contributed by atoms with Crippen molar-refractivity contribution in [3.63, 3.8) is 0 Å². The standard InChI is InChI=1S/C8H7ClNO5P/c9-8-4-2-1-3-5(8)6(11)10(7(8)12)16(13,14)15/h1-5H,(H2,13,14,15). The summed E-state index contributed by atoms with van der Waals surface area (Å²) in [6.45, 7) is 0. The first-order chi connectivity index (χ1) is 7.28. The average molecular weight is 264 g/mol. The molecule has 2 unspecified atom stereocenters. The van der Waals surface area contributed by atoms with Gasteiger partial charge in [-0.15, -0.1) is 11.6 Å². The van der Waals surface area contributed by atoms with Gasteiger partial charge in [0, 0.05) is 0 Å². The zero-order valence-electron chi connectivity index (χ0n) is 7.78. The third-order valence-corrected chi connectivity index (χ3v) is 3.88. The summed E-state index contributed by atoms with van der Waals surface area (Å²) in [6, 6.07) is 0. The predicted octanol–water partition coefficient (Wildman–Crippen LogP) is 0.168. The molecule has 0 bridgehead atoms. The molecule has 2 N–H and O–H groups in total. The van der Waals surface area contributed by atoms with Crippen LogP contribution >= 0.6 is 19.3 Å². The number of carbonyl (C=O) groups is 2. The van der Waals surface area contributed by atoms with Crippen LogP contribution in [0.15, 0.2) is 24.3 Å². The van der Waals surface area contributed by atoms with Crippen molar-refractivity contribution in [1.29, 1.82) is 0 Å². The van der Waals surface area contributed by atoms with Crippen molar-refractivity contribution in [3.8, 4) is 0 Å². The van der Waals surface area contributed by atoms with Crippen molar-refractivity contribution in [2.75, 3.05) is 0 Å². The lowest BCUT2D eigenvalue weighted by Crippen LogP contribution is -2.35. The summed E-state index contributed by atoms with van der Waals surface area (Å²) >= 11 is 5.93. The fourth-order valence-corrected chi connectivity index (χ4v) is 2.89. The van der Waals surface area contributed by atoms with Crippen LogP contribution in [0.4, 0.5) is 0 Å². The third-order valence-electron chi connectivity index (χ3n) is 2.46. The van der Waals surface area contributed by atoms with E-state index in [1.807, 2.05) is 0 Å². The fraction of sp³-hybridized carbons (Fsp3) is 0.250. The Hall–Kier alpha value is -0.940. The molecule has 0 aromatic heterocycles. The van der Waals surface area contributed by atoms with Crippen molar-refractivity contribution in [3.05, 3.63) is 24.3 Å². The van der Waals surface area contributed by atoms with Crippen molar-refractivity contribution >= 4 is 31.2 Å². The molecule has 2 aliphatic rings. The molecule has 2 amide bonds. The minimum atomic E-state index is -4.96. The largest absolute Gasteiger partial charge is 0.439 e. The van der Waals surface area contributed by atoms with Gasteiger partial charge in [-0.2, -0.15) is 4.67 Å². The zero-order valence-corrected chi connectivity index (χ0v) is 9.43. The van der Waals surface area contributed by atoms with E-state index in [0.717, 1.165) is 0 Å². The Balaban J connectivity index is 2.54. The van der Waals surface area contributed by atoms with Gasteiger partial charge < -0.3 is 9.79 Å². The molecule has 1 fully saturated rings. The molecular weight excluding hydrogens is 257 g/mol. The molecule has 0 aromatic carbocycles. The second kappa shape index (κ2) is 3.28. The van der Waals surface area contributed by atoms with Gasteiger partial charge in [0.2, 0.25) is 5.91 Å². The number of allylic oxidation sites excluding steroid dienone is 2. The van der Waals surface area contributed by atoms with E-state index in [0.29, 0.717) is 0 Å². The molecule has 16 heavy (non-hydrogen) atoms. The molecular formula is C8H7ClNO5P. The highest BCUT2D eigenvalue weighted by molar-refractivity contribution is 7.51. The highest BCUT2D eigenvalue weighted by Gasteiger charge is 2.61. The Kier molecular flexibility index (Phi) is 2.36. The molecule has 0 radical (unpaired) electrons. The van der Waals surface area contributed by atoms with Crippen LogP contribution < -0.4 is 0 Å². The first kappa shape index (κ1) is 11.5. The van der Waals surface area contributed by atoms with E-state index in [4.69, 9.17) is 21.4 Å². The first-order valence-electron chi connectivity index (χ1n) is 4.28. The summed E-state index contributed by atoms with van der Waals surface area (Å²) in [5, 5.41) is 0. The number of imide groups is 1. The number of hydrogen-bond donors (Lipinski definition) is 2. The Morgan fingerprint density at radius 1 is 1.38 bits per heavy atom. The maximum atomic E-state index is 11.7. The van der Waals surface area contributed by atoms with Crippen LogP contribution in [-0.2, 0) is 14.2 Å². The SMILES string of the molecule is O=C1C2C=CC=CC2(Cl)C(=O)N1P(=O)(O)O. The molecule has 8 heteroatoms. The maximum Gasteiger partial charge on any atom is 0.439 e. The van der Waals surface area contributed by atoms with Crippen molar-refractivity contribution in [1.82, 2.24) is 4.67 Å². The summed E-state index contributed by atoms with van der Waals surface area (Å²) in [5.74, 6) is -3.12. The van der Waals surface area contributed by atoms with Gasteiger partial charge in [-0.3, -0.25) is 9.59 Å². The van der Waals surface area contributed by atoms with E-state index in [9.17, 15) is 14.2 Å². The molecule has 0 saturated carbocycles. The first-order valence-corrected chi connectivity index (χ1v) is 6.22. The van der Waals surface area contributed by atoms with Gasteiger partial charge in [-0.05, 0) is 0 Å². The highest BCUT2D eigenvalue weighted by atomic mass is 35.5. The van der Waals surface area contributed by atoms with Crippen LogP contribution in [-0.4, -0.2) is 31.1 Å². The number of fused-ring (bicyclic) bond motifs is 1. The van der Waals surface area contributed by atoms with E-state index in [1.54, 1.807) is 0 Å². The van der Waals surface area contributed by atoms with Crippen LogP contribution in [0.3, 0.4) is 0 Å². The predicted molar refractivity (Wildman–Crippen MR) is 54.3 cm³/mol. The van der Waals surface area contributed by atoms with Crippen LogP contribution in [0.5, 0.6) is 0 Å². The average Bonchev–Trinajstić information content (AvgIpc) is 2.35. The number of rotatable bonds is 1. The van der Waals surface area contributed by atoms with E-state index in [1.165, 1.54) is 24.3 Å². The lowest BCUT2D eigenvalue weighted by molar-refractivity contribution is -0.134. The molecule has 1 saturated heterocycles. The third kappa shape index (κ3) is 1.38. The van der Waals surface area contributed by atoms with Crippen LogP contribution in [0.1, 0.15) is 0 Å². The van der Waals surface area contributed by atoms with Gasteiger partial charge in [0.15, 0.2) is 4.87 Å². The Bertz CT molecular complexity index is 481. The van der Waals surface area contributed by atoms with Gasteiger partial charge in [0.1, 0.15) is 0 Å². The second-order valence-electron chi connectivity index (χ2n) is 3.46. The fourth-order valence-electron chi connectivity index (χ4n) is 1.72. The quantitative estimate of drug-likeness (QED) is 0.399. The van der Waals surface area contributed by atoms with Crippen LogP contribution in [0.25, 0.3) is 0 Å². The molecule has 2 rings (SSSR count). The minimum Gasteiger partial charge on any atom is -0.308 e. The molecule has 1 heterocycles. The number of carbonyl (C=O) groups excluding carboxylic acids is 2. The normalized spacial score (nSPS) is 33.4. The molecule has 0 aromatic rings. The van der Waals surface area contributed by atoms with Gasteiger partial charge in [0.25, 0.3) is 5.91 Å². The summed E-state index contributed by atoms with van der Waals surface area (Å²) in [5.41, 5.74) is 0. The lowest BCUT2D eigenvalue weighted by Gasteiger charge is -2.20. The van der Waals surface area contributed by atoms with Crippen molar-refractivity contribution in [2.24, 2.45) is 5.92 Å². The topological polar surface area (TPSA) is 94.9 Å². The monoisotopic (exact) mass is 263 g/mol. The molecule has 2 atom stereocenters. The number of amides is 2.